The van der Waals surface area contributed by atoms with Crippen LogP contribution in [0, 0.1) is 0 Å². The predicted molar refractivity (Wildman–Crippen MR) is 80.8 cm³/mol. The van der Waals surface area contributed by atoms with Crippen molar-refractivity contribution in [3.63, 3.8) is 0 Å². The molecule has 0 amide bonds. The van der Waals surface area contributed by atoms with Crippen LogP contribution < -0.4 is 4.90 Å². The maximum Gasteiger partial charge on any atom is 0.0718 e. The third-order valence-corrected chi connectivity index (χ3v) is 3.61. The van der Waals surface area contributed by atoms with Gasteiger partial charge in [-0.25, -0.2) is 0 Å². The highest BCUT2D eigenvalue weighted by atomic mass is 16.3. The molecule has 0 spiro atoms. The minimum absolute atomic E-state index is 0.617. The number of fused-ring (bicyclic) bond motifs is 1. The van der Waals surface area contributed by atoms with Crippen molar-refractivity contribution in [2.24, 2.45) is 0 Å². The Hall–Kier alpha value is -1.06. The molecule has 0 atom stereocenters. The van der Waals surface area contributed by atoms with Crippen LogP contribution in [0.4, 0.5) is 5.69 Å². The maximum atomic E-state index is 9.83. The molecule has 0 bridgehead atoms. The second kappa shape index (κ2) is 5.93. The molecule has 0 aromatic heterocycles. The fourth-order valence-corrected chi connectivity index (χ4v) is 2.87. The minimum atomic E-state index is -0.617. The first kappa shape index (κ1) is 14.4. The third-order valence-electron chi connectivity index (χ3n) is 3.61. The molecule has 0 fully saturated rings. The number of hydrogen-bond acceptors (Lipinski definition) is 3. The van der Waals surface area contributed by atoms with Gasteiger partial charge < -0.3 is 14.9 Å². The summed E-state index contributed by atoms with van der Waals surface area (Å²) in [7, 11) is 2.08. The van der Waals surface area contributed by atoms with Crippen molar-refractivity contribution < 1.29 is 5.11 Å². The van der Waals surface area contributed by atoms with Crippen LogP contribution in [-0.4, -0.2) is 48.8 Å². The molecular formula is C16H26N2O. The van der Waals surface area contributed by atoms with Crippen LogP contribution in [0.2, 0.25) is 0 Å². The zero-order chi connectivity index (χ0) is 13.9. The quantitative estimate of drug-likeness (QED) is 0.881. The first-order valence-corrected chi connectivity index (χ1v) is 7.19. The Balaban J connectivity index is 1.91. The van der Waals surface area contributed by atoms with Gasteiger partial charge >= 0.3 is 0 Å². The molecule has 1 heterocycles. The van der Waals surface area contributed by atoms with E-state index in [4.69, 9.17) is 0 Å². The topological polar surface area (TPSA) is 26.7 Å². The summed E-state index contributed by atoms with van der Waals surface area (Å²) in [5.74, 6) is 0. The Morgan fingerprint density at radius 1 is 1.32 bits per heavy atom. The summed E-state index contributed by atoms with van der Waals surface area (Å²) in [6, 6.07) is 8.72. The fourth-order valence-electron chi connectivity index (χ4n) is 2.87. The normalized spacial score (nSPS) is 15.7. The smallest absolute Gasteiger partial charge is 0.0718 e. The van der Waals surface area contributed by atoms with Crippen molar-refractivity contribution in [3.8, 4) is 0 Å². The molecule has 1 aliphatic heterocycles. The van der Waals surface area contributed by atoms with E-state index in [9.17, 15) is 5.11 Å². The standard InChI is InChI=1S/C16H26N2O/c1-16(2,19)13-17(3)11-12-18-10-6-8-14-7-4-5-9-15(14)18/h4-5,7,9,19H,6,8,10-13H2,1-3H3. The fraction of sp³-hybridized carbons (Fsp3) is 0.625. The Kier molecular flexibility index (Phi) is 4.48. The number of aliphatic hydroxyl groups is 1. The van der Waals surface area contributed by atoms with Crippen molar-refractivity contribution in [2.45, 2.75) is 32.3 Å². The number of aryl methyl sites for hydroxylation is 1. The van der Waals surface area contributed by atoms with E-state index < -0.39 is 5.60 Å². The van der Waals surface area contributed by atoms with Crippen LogP contribution in [0.25, 0.3) is 0 Å². The molecular weight excluding hydrogens is 236 g/mol. The van der Waals surface area contributed by atoms with E-state index in [0.29, 0.717) is 6.54 Å². The Bertz CT molecular complexity index is 411. The number of benzene rings is 1. The van der Waals surface area contributed by atoms with Crippen LogP contribution in [-0.2, 0) is 6.42 Å². The minimum Gasteiger partial charge on any atom is -0.389 e. The second-order valence-electron chi connectivity index (χ2n) is 6.27. The van der Waals surface area contributed by atoms with E-state index in [0.717, 1.165) is 19.6 Å². The lowest BCUT2D eigenvalue weighted by Crippen LogP contribution is -2.41. The highest BCUT2D eigenvalue weighted by Crippen LogP contribution is 2.26. The van der Waals surface area contributed by atoms with Crippen molar-refractivity contribution in [1.82, 2.24) is 4.90 Å². The van der Waals surface area contributed by atoms with Crippen molar-refractivity contribution in [3.05, 3.63) is 29.8 Å². The summed E-state index contributed by atoms with van der Waals surface area (Å²) in [5.41, 5.74) is 2.25. The molecule has 1 N–H and O–H groups in total. The Morgan fingerprint density at radius 2 is 2.05 bits per heavy atom. The van der Waals surface area contributed by atoms with Gasteiger partial charge in [0, 0.05) is 31.9 Å². The maximum absolute atomic E-state index is 9.83. The van der Waals surface area contributed by atoms with Crippen molar-refractivity contribution in [2.75, 3.05) is 38.1 Å². The number of rotatable bonds is 5. The van der Waals surface area contributed by atoms with Crippen LogP contribution in [0.15, 0.2) is 24.3 Å². The summed E-state index contributed by atoms with van der Waals surface area (Å²) < 4.78 is 0. The summed E-state index contributed by atoms with van der Waals surface area (Å²) in [6.45, 7) is 7.59. The van der Waals surface area contributed by atoms with Gasteiger partial charge in [0.1, 0.15) is 0 Å². The molecule has 1 aromatic rings. The van der Waals surface area contributed by atoms with Crippen molar-refractivity contribution >= 4 is 5.69 Å². The lowest BCUT2D eigenvalue weighted by atomic mass is 10.0. The molecule has 0 unspecified atom stereocenters. The first-order valence-electron chi connectivity index (χ1n) is 7.19. The van der Waals surface area contributed by atoms with E-state index in [1.807, 2.05) is 13.8 Å². The lowest BCUT2D eigenvalue weighted by Gasteiger charge is -2.33. The SMILES string of the molecule is CN(CCN1CCCc2ccccc21)CC(C)(C)O. The number of para-hydroxylation sites is 1. The second-order valence-corrected chi connectivity index (χ2v) is 6.27. The molecule has 3 heteroatoms. The van der Waals surface area contributed by atoms with Gasteiger partial charge in [0.15, 0.2) is 0 Å². The van der Waals surface area contributed by atoms with Gasteiger partial charge in [-0.05, 0) is 45.4 Å². The molecule has 0 aliphatic carbocycles. The van der Waals surface area contributed by atoms with Gasteiger partial charge in [-0.15, -0.1) is 0 Å². The number of anilines is 1. The lowest BCUT2D eigenvalue weighted by molar-refractivity contribution is 0.0454. The van der Waals surface area contributed by atoms with Crippen LogP contribution in [0.3, 0.4) is 0 Å². The van der Waals surface area contributed by atoms with Crippen LogP contribution in [0.5, 0.6) is 0 Å². The summed E-state index contributed by atoms with van der Waals surface area (Å²) >= 11 is 0. The highest BCUT2D eigenvalue weighted by molar-refractivity contribution is 5.55. The van der Waals surface area contributed by atoms with E-state index in [-0.39, 0.29) is 0 Å². The van der Waals surface area contributed by atoms with Gasteiger partial charge in [-0.1, -0.05) is 18.2 Å². The molecule has 0 saturated carbocycles. The van der Waals surface area contributed by atoms with E-state index in [2.05, 4.69) is 41.1 Å². The highest BCUT2D eigenvalue weighted by Gasteiger charge is 2.18. The molecule has 1 aromatic carbocycles. The largest absolute Gasteiger partial charge is 0.389 e. The van der Waals surface area contributed by atoms with Crippen molar-refractivity contribution in [1.29, 1.82) is 0 Å². The molecule has 2 rings (SSSR count). The van der Waals surface area contributed by atoms with Gasteiger partial charge in [0.05, 0.1) is 5.60 Å². The Labute approximate surface area is 116 Å². The molecule has 3 nitrogen and oxygen atoms in total. The number of likely N-dealkylation sites (N-methyl/N-ethyl adjacent to an activating group) is 1. The molecule has 19 heavy (non-hydrogen) atoms. The molecule has 0 saturated heterocycles. The zero-order valence-corrected chi connectivity index (χ0v) is 12.4. The average molecular weight is 262 g/mol. The summed E-state index contributed by atoms with van der Waals surface area (Å²) in [4.78, 5) is 4.68. The molecule has 1 aliphatic rings. The van der Waals surface area contributed by atoms with E-state index in [1.165, 1.54) is 24.1 Å². The van der Waals surface area contributed by atoms with E-state index >= 15 is 0 Å². The monoisotopic (exact) mass is 262 g/mol. The van der Waals surface area contributed by atoms with Gasteiger partial charge in [-0.3, -0.25) is 0 Å². The summed E-state index contributed by atoms with van der Waals surface area (Å²) in [6.07, 6.45) is 2.44. The first-order chi connectivity index (χ1) is 8.96. The average Bonchev–Trinajstić information content (AvgIpc) is 2.34. The van der Waals surface area contributed by atoms with E-state index in [1.54, 1.807) is 0 Å². The van der Waals surface area contributed by atoms with Crippen LogP contribution >= 0.6 is 0 Å². The predicted octanol–water partition coefficient (Wildman–Crippen LogP) is 2.14. The number of hydrogen-bond donors (Lipinski definition) is 1. The molecule has 0 radical (unpaired) electrons. The van der Waals surface area contributed by atoms with Crippen LogP contribution in [0.1, 0.15) is 25.8 Å². The van der Waals surface area contributed by atoms with Gasteiger partial charge in [-0.2, -0.15) is 0 Å². The zero-order valence-electron chi connectivity index (χ0n) is 12.4. The van der Waals surface area contributed by atoms with Gasteiger partial charge in [0.25, 0.3) is 0 Å². The molecule has 106 valence electrons. The Morgan fingerprint density at radius 3 is 2.79 bits per heavy atom. The third kappa shape index (κ3) is 4.22. The summed E-state index contributed by atoms with van der Waals surface area (Å²) in [5, 5.41) is 9.83. The number of nitrogens with zero attached hydrogens (tertiary/aromatic N) is 2. The van der Waals surface area contributed by atoms with Gasteiger partial charge in [0.2, 0.25) is 0 Å².